The van der Waals surface area contributed by atoms with Gasteiger partial charge in [0, 0.05) is 11.4 Å². The van der Waals surface area contributed by atoms with Crippen molar-refractivity contribution in [2.45, 2.75) is 30.7 Å². The quantitative estimate of drug-likeness (QED) is 0.375. The second-order valence-electron chi connectivity index (χ2n) is 4.38. The maximum Gasteiger partial charge on any atom is 0.229 e. The minimum absolute atomic E-state index is 0.201. The van der Waals surface area contributed by atoms with Crippen LogP contribution in [0.2, 0.25) is 0 Å². The maximum absolute atomic E-state index is 9.83. The predicted octanol–water partition coefficient (Wildman–Crippen LogP) is -0.615. The molecule has 5 atom stereocenters. The van der Waals surface area contributed by atoms with E-state index in [0.29, 0.717) is 11.4 Å². The molecule has 1 saturated heterocycles. The van der Waals surface area contributed by atoms with Crippen LogP contribution in [0.3, 0.4) is 0 Å². The summed E-state index contributed by atoms with van der Waals surface area (Å²) in [6.07, 6.45) is -5.66. The van der Waals surface area contributed by atoms with E-state index in [4.69, 9.17) is 15.2 Å². The summed E-state index contributed by atoms with van der Waals surface area (Å²) in [6.45, 7) is 0. The Morgan fingerprint density at radius 2 is 1.74 bits per heavy atom. The first kappa shape index (κ1) is 14.4. The number of nitrogen functional groups attached to an aromatic ring is 1. The average Bonchev–Trinajstić information content (AvgIpc) is 2.42. The van der Waals surface area contributed by atoms with E-state index in [0.717, 1.165) is 0 Å². The zero-order valence-electron chi connectivity index (χ0n) is 10.1. The zero-order valence-corrected chi connectivity index (χ0v) is 11.0. The van der Waals surface area contributed by atoms with Crippen molar-refractivity contribution in [3.8, 4) is 5.75 Å². The number of aliphatic hydroxyl groups excluding tert-OH is 3. The number of hydrogen-bond acceptors (Lipinski definition) is 7. The number of ether oxygens (including phenoxy) is 2. The summed E-state index contributed by atoms with van der Waals surface area (Å²) in [5, 5.41) is 29.2. The molecule has 6 nitrogen and oxygen atoms in total. The lowest BCUT2D eigenvalue weighted by Crippen LogP contribution is -2.59. The molecule has 5 N–H and O–H groups in total. The molecule has 1 aliphatic rings. The Labute approximate surface area is 116 Å². The van der Waals surface area contributed by atoms with Crippen LogP contribution in [0.1, 0.15) is 0 Å². The number of thiol groups is 1. The average molecular weight is 287 g/mol. The number of hydrogen-bond donors (Lipinski definition) is 5. The molecule has 1 aromatic rings. The van der Waals surface area contributed by atoms with Crippen LogP contribution in [0.15, 0.2) is 24.3 Å². The fraction of sp³-hybridized carbons (Fsp3) is 0.500. The molecule has 7 heteroatoms. The monoisotopic (exact) mass is 287 g/mol. The summed E-state index contributed by atoms with van der Waals surface area (Å²) in [5.41, 5.74) is 6.14. The highest BCUT2D eigenvalue weighted by Crippen LogP contribution is 2.25. The van der Waals surface area contributed by atoms with E-state index in [1.807, 2.05) is 0 Å². The van der Waals surface area contributed by atoms with Crippen LogP contribution in [-0.4, -0.2) is 51.8 Å². The molecule has 0 radical (unpaired) electrons. The van der Waals surface area contributed by atoms with Crippen LogP contribution in [0.5, 0.6) is 5.75 Å². The summed E-state index contributed by atoms with van der Waals surface area (Å²) < 4.78 is 10.8. The molecule has 2 rings (SSSR count). The van der Waals surface area contributed by atoms with Crippen molar-refractivity contribution < 1.29 is 24.8 Å². The van der Waals surface area contributed by atoms with Crippen molar-refractivity contribution in [1.29, 1.82) is 0 Å². The van der Waals surface area contributed by atoms with Crippen LogP contribution >= 0.6 is 12.6 Å². The minimum Gasteiger partial charge on any atom is -0.462 e. The van der Waals surface area contributed by atoms with Crippen LogP contribution in [0.25, 0.3) is 0 Å². The molecule has 1 heterocycles. The SMILES string of the molecule is Nc1ccc(O[C@@H]2O[C@@H](CS)[C@@H](O)[C@@H](O)[C@@H]2O)cc1. The maximum atomic E-state index is 9.83. The van der Waals surface area contributed by atoms with Gasteiger partial charge in [0.2, 0.25) is 6.29 Å². The van der Waals surface area contributed by atoms with Crippen molar-refractivity contribution >= 4 is 18.3 Å². The van der Waals surface area contributed by atoms with Gasteiger partial charge in [0.05, 0.1) is 6.10 Å². The third-order valence-corrected chi connectivity index (χ3v) is 3.34. The summed E-state index contributed by atoms with van der Waals surface area (Å²) in [7, 11) is 0. The molecule has 0 aliphatic carbocycles. The number of benzene rings is 1. The summed E-state index contributed by atoms with van der Waals surface area (Å²) >= 11 is 4.02. The molecule has 1 aromatic carbocycles. The smallest absolute Gasteiger partial charge is 0.229 e. The number of rotatable bonds is 3. The van der Waals surface area contributed by atoms with E-state index in [9.17, 15) is 15.3 Å². The Kier molecular flexibility index (Phi) is 4.54. The summed E-state index contributed by atoms with van der Waals surface area (Å²) in [4.78, 5) is 0. The van der Waals surface area contributed by atoms with Gasteiger partial charge in [0.15, 0.2) is 0 Å². The molecule has 0 bridgehead atoms. The Hall–Kier alpha value is -0.990. The molecular formula is C12H17NO5S. The lowest BCUT2D eigenvalue weighted by Gasteiger charge is -2.39. The Morgan fingerprint density at radius 3 is 2.32 bits per heavy atom. The van der Waals surface area contributed by atoms with Gasteiger partial charge in [-0.25, -0.2) is 0 Å². The van der Waals surface area contributed by atoms with Crippen LogP contribution in [0.4, 0.5) is 5.69 Å². The number of aliphatic hydroxyl groups is 3. The highest BCUT2D eigenvalue weighted by molar-refractivity contribution is 7.80. The third kappa shape index (κ3) is 3.13. The summed E-state index contributed by atoms with van der Waals surface area (Å²) in [5.74, 6) is 0.645. The molecule has 106 valence electrons. The first-order chi connectivity index (χ1) is 9.02. The molecule has 1 aliphatic heterocycles. The fourth-order valence-corrected chi connectivity index (χ4v) is 2.15. The molecule has 19 heavy (non-hydrogen) atoms. The van der Waals surface area contributed by atoms with Crippen molar-refractivity contribution in [3.05, 3.63) is 24.3 Å². The van der Waals surface area contributed by atoms with E-state index >= 15 is 0 Å². The number of nitrogens with two attached hydrogens (primary N) is 1. The van der Waals surface area contributed by atoms with Crippen LogP contribution in [0, 0.1) is 0 Å². The van der Waals surface area contributed by atoms with Gasteiger partial charge in [0.25, 0.3) is 0 Å². The van der Waals surface area contributed by atoms with E-state index in [1.165, 1.54) is 0 Å². The van der Waals surface area contributed by atoms with Crippen molar-refractivity contribution in [3.63, 3.8) is 0 Å². The third-order valence-electron chi connectivity index (χ3n) is 2.98. The molecule has 1 fully saturated rings. The standard InChI is InChI=1S/C12H17NO5S/c13-6-1-3-7(4-2-6)17-12-11(16)10(15)9(14)8(5-19)18-12/h1-4,8-12,14-16,19H,5,13H2/t8-,9+,10+,11-,12+/m0/s1. The van der Waals surface area contributed by atoms with Gasteiger partial charge >= 0.3 is 0 Å². The van der Waals surface area contributed by atoms with Gasteiger partial charge < -0.3 is 30.5 Å². The Morgan fingerprint density at radius 1 is 1.11 bits per heavy atom. The lowest BCUT2D eigenvalue weighted by atomic mass is 10.00. The molecule has 0 amide bonds. The van der Waals surface area contributed by atoms with E-state index in [1.54, 1.807) is 24.3 Å². The molecular weight excluding hydrogens is 270 g/mol. The fourth-order valence-electron chi connectivity index (χ4n) is 1.85. The summed E-state index contributed by atoms with van der Waals surface area (Å²) in [6, 6.07) is 6.54. The normalized spacial score (nSPS) is 35.1. The van der Waals surface area contributed by atoms with Gasteiger partial charge in [0.1, 0.15) is 24.1 Å². The highest BCUT2D eigenvalue weighted by Gasteiger charge is 2.44. The Bertz CT molecular complexity index is 413. The van der Waals surface area contributed by atoms with Gasteiger partial charge in [-0.1, -0.05) is 0 Å². The minimum atomic E-state index is -1.34. The van der Waals surface area contributed by atoms with E-state index < -0.39 is 30.7 Å². The molecule has 0 saturated carbocycles. The highest BCUT2D eigenvalue weighted by atomic mass is 32.1. The first-order valence-electron chi connectivity index (χ1n) is 5.85. The van der Waals surface area contributed by atoms with E-state index in [-0.39, 0.29) is 5.75 Å². The first-order valence-corrected chi connectivity index (χ1v) is 6.49. The van der Waals surface area contributed by atoms with Crippen molar-refractivity contribution in [2.75, 3.05) is 11.5 Å². The van der Waals surface area contributed by atoms with Crippen LogP contribution < -0.4 is 10.5 Å². The van der Waals surface area contributed by atoms with E-state index in [2.05, 4.69) is 12.6 Å². The van der Waals surface area contributed by atoms with Crippen molar-refractivity contribution in [2.24, 2.45) is 0 Å². The zero-order chi connectivity index (χ0) is 14.0. The van der Waals surface area contributed by atoms with Crippen molar-refractivity contribution in [1.82, 2.24) is 0 Å². The Balaban J connectivity index is 2.08. The topological polar surface area (TPSA) is 105 Å². The predicted molar refractivity (Wildman–Crippen MR) is 72.0 cm³/mol. The molecule has 0 spiro atoms. The van der Waals surface area contributed by atoms with Gasteiger partial charge in [-0.05, 0) is 24.3 Å². The second-order valence-corrected chi connectivity index (χ2v) is 4.75. The molecule has 0 aromatic heterocycles. The van der Waals surface area contributed by atoms with Gasteiger partial charge in [-0.3, -0.25) is 0 Å². The largest absolute Gasteiger partial charge is 0.462 e. The number of anilines is 1. The van der Waals surface area contributed by atoms with Gasteiger partial charge in [-0.2, -0.15) is 12.6 Å². The van der Waals surface area contributed by atoms with Crippen LogP contribution in [-0.2, 0) is 4.74 Å². The molecule has 0 unspecified atom stereocenters. The van der Waals surface area contributed by atoms with Gasteiger partial charge in [-0.15, -0.1) is 0 Å². The lowest BCUT2D eigenvalue weighted by molar-refractivity contribution is -0.266. The second kappa shape index (κ2) is 5.98.